The topological polar surface area (TPSA) is 55.7 Å². The summed E-state index contributed by atoms with van der Waals surface area (Å²) in [6.45, 7) is 2.67. The van der Waals surface area contributed by atoms with Crippen molar-refractivity contribution in [2.75, 3.05) is 26.2 Å². The maximum Gasteiger partial charge on any atom is 0.0895 e. The van der Waals surface area contributed by atoms with Gasteiger partial charge in [0.2, 0.25) is 0 Å². The Labute approximate surface area is 84.9 Å². The summed E-state index contributed by atoms with van der Waals surface area (Å²) in [6.07, 6.45) is 3.30. The third kappa shape index (κ3) is 2.67. The molecule has 0 aromatic rings. The molecule has 0 radical (unpaired) electrons. The van der Waals surface area contributed by atoms with Crippen LogP contribution in [0.4, 0.5) is 0 Å². The lowest BCUT2D eigenvalue weighted by atomic mass is 10.2. The van der Waals surface area contributed by atoms with Gasteiger partial charge in [-0.25, -0.2) is 0 Å². The molecule has 82 valence electrons. The SMILES string of the molecule is OC[C@@H](O)CNC1CCN(C2CC2)C1. The lowest BCUT2D eigenvalue weighted by molar-refractivity contribution is 0.0920. The van der Waals surface area contributed by atoms with Crippen molar-refractivity contribution in [2.24, 2.45) is 0 Å². The fourth-order valence-electron chi connectivity index (χ4n) is 2.09. The minimum Gasteiger partial charge on any atom is -0.394 e. The van der Waals surface area contributed by atoms with E-state index >= 15 is 0 Å². The van der Waals surface area contributed by atoms with Crippen LogP contribution < -0.4 is 5.32 Å². The fraction of sp³-hybridized carbons (Fsp3) is 1.00. The highest BCUT2D eigenvalue weighted by atomic mass is 16.3. The van der Waals surface area contributed by atoms with Gasteiger partial charge in [-0.15, -0.1) is 0 Å². The van der Waals surface area contributed by atoms with Crippen molar-refractivity contribution in [3.8, 4) is 0 Å². The molecule has 2 fully saturated rings. The zero-order valence-corrected chi connectivity index (χ0v) is 8.52. The van der Waals surface area contributed by atoms with Crippen LogP contribution in [0.25, 0.3) is 0 Å². The Morgan fingerprint density at radius 2 is 2.14 bits per heavy atom. The van der Waals surface area contributed by atoms with E-state index in [4.69, 9.17) is 5.11 Å². The third-order valence-electron chi connectivity index (χ3n) is 3.14. The molecule has 1 unspecified atom stereocenters. The van der Waals surface area contributed by atoms with Crippen LogP contribution in [0.2, 0.25) is 0 Å². The van der Waals surface area contributed by atoms with Crippen molar-refractivity contribution >= 4 is 0 Å². The second-order valence-electron chi connectivity index (χ2n) is 4.46. The van der Waals surface area contributed by atoms with Crippen molar-refractivity contribution in [1.29, 1.82) is 0 Å². The zero-order valence-electron chi connectivity index (χ0n) is 8.52. The van der Waals surface area contributed by atoms with Gasteiger partial charge >= 0.3 is 0 Å². The number of rotatable bonds is 5. The fourth-order valence-corrected chi connectivity index (χ4v) is 2.09. The minimum absolute atomic E-state index is 0.147. The molecule has 0 amide bonds. The van der Waals surface area contributed by atoms with E-state index in [1.165, 1.54) is 25.8 Å². The van der Waals surface area contributed by atoms with Crippen LogP contribution in [0.15, 0.2) is 0 Å². The smallest absolute Gasteiger partial charge is 0.0895 e. The van der Waals surface area contributed by atoms with E-state index in [2.05, 4.69) is 10.2 Å². The predicted octanol–water partition coefficient (Wildman–Crippen LogP) is -0.834. The largest absolute Gasteiger partial charge is 0.394 e. The molecule has 0 aromatic carbocycles. The Morgan fingerprint density at radius 1 is 1.36 bits per heavy atom. The second-order valence-corrected chi connectivity index (χ2v) is 4.46. The number of hydrogen-bond acceptors (Lipinski definition) is 4. The first-order valence-electron chi connectivity index (χ1n) is 5.56. The van der Waals surface area contributed by atoms with Crippen LogP contribution in [0, 0.1) is 0 Å². The summed E-state index contributed by atoms with van der Waals surface area (Å²) in [4.78, 5) is 2.53. The minimum atomic E-state index is -0.607. The Kier molecular flexibility index (Phi) is 3.38. The summed E-state index contributed by atoms with van der Waals surface area (Å²) in [6, 6.07) is 1.36. The Bertz CT molecular complexity index is 185. The molecular formula is C10H20N2O2. The standard InChI is InChI=1S/C10H20N2O2/c13-7-10(14)5-11-8-3-4-12(6-8)9-1-2-9/h8-11,13-14H,1-7H2/t8?,10-/m0/s1. The van der Waals surface area contributed by atoms with Gasteiger partial charge in [-0.3, -0.25) is 4.90 Å². The summed E-state index contributed by atoms with van der Waals surface area (Å²) >= 11 is 0. The molecule has 2 atom stereocenters. The number of hydrogen-bond donors (Lipinski definition) is 3. The van der Waals surface area contributed by atoms with Crippen molar-refractivity contribution in [3.05, 3.63) is 0 Å². The Hall–Kier alpha value is -0.160. The predicted molar refractivity (Wildman–Crippen MR) is 54.1 cm³/mol. The van der Waals surface area contributed by atoms with Gasteiger partial charge in [0.25, 0.3) is 0 Å². The van der Waals surface area contributed by atoms with Gasteiger partial charge in [0.05, 0.1) is 12.7 Å². The van der Waals surface area contributed by atoms with Crippen LogP contribution in [0.3, 0.4) is 0 Å². The molecule has 3 N–H and O–H groups in total. The normalized spacial score (nSPS) is 30.9. The number of nitrogens with one attached hydrogen (secondary N) is 1. The van der Waals surface area contributed by atoms with Crippen LogP contribution >= 0.6 is 0 Å². The van der Waals surface area contributed by atoms with E-state index < -0.39 is 6.10 Å². The highest BCUT2D eigenvalue weighted by Gasteiger charge is 2.34. The van der Waals surface area contributed by atoms with Crippen LogP contribution in [0.5, 0.6) is 0 Å². The first kappa shape index (κ1) is 10.4. The van der Waals surface area contributed by atoms with E-state index in [9.17, 15) is 5.11 Å². The molecule has 0 aromatic heterocycles. The summed E-state index contributed by atoms with van der Waals surface area (Å²) in [5.74, 6) is 0. The number of likely N-dealkylation sites (tertiary alicyclic amines) is 1. The summed E-state index contributed by atoms with van der Waals surface area (Å²) in [5, 5.41) is 21.1. The van der Waals surface area contributed by atoms with Gasteiger partial charge < -0.3 is 15.5 Å². The van der Waals surface area contributed by atoms with Gasteiger partial charge in [0.1, 0.15) is 0 Å². The molecule has 1 aliphatic heterocycles. The summed E-state index contributed by atoms with van der Waals surface area (Å²) < 4.78 is 0. The average molecular weight is 200 g/mol. The highest BCUT2D eigenvalue weighted by molar-refractivity contribution is 4.91. The van der Waals surface area contributed by atoms with Gasteiger partial charge in [-0.2, -0.15) is 0 Å². The van der Waals surface area contributed by atoms with Crippen molar-refractivity contribution in [1.82, 2.24) is 10.2 Å². The van der Waals surface area contributed by atoms with E-state index in [-0.39, 0.29) is 6.61 Å². The first-order chi connectivity index (χ1) is 6.79. The molecule has 14 heavy (non-hydrogen) atoms. The highest BCUT2D eigenvalue weighted by Crippen LogP contribution is 2.29. The molecule has 0 bridgehead atoms. The van der Waals surface area contributed by atoms with Crippen LogP contribution in [0.1, 0.15) is 19.3 Å². The van der Waals surface area contributed by atoms with Gasteiger partial charge in [0.15, 0.2) is 0 Å². The zero-order chi connectivity index (χ0) is 9.97. The molecule has 1 saturated heterocycles. The molecule has 1 saturated carbocycles. The quantitative estimate of drug-likeness (QED) is 0.542. The summed E-state index contributed by atoms with van der Waals surface area (Å²) in [5.41, 5.74) is 0. The molecule has 1 aliphatic carbocycles. The molecular weight excluding hydrogens is 180 g/mol. The van der Waals surface area contributed by atoms with E-state index in [1.807, 2.05) is 0 Å². The Balaban J connectivity index is 1.63. The van der Waals surface area contributed by atoms with Crippen LogP contribution in [-0.4, -0.2) is 59.5 Å². The molecule has 2 aliphatic rings. The lowest BCUT2D eigenvalue weighted by Crippen LogP contribution is -2.39. The van der Waals surface area contributed by atoms with Gasteiger partial charge in [-0.05, 0) is 19.3 Å². The van der Waals surface area contributed by atoms with Gasteiger partial charge in [-0.1, -0.05) is 0 Å². The Morgan fingerprint density at radius 3 is 2.79 bits per heavy atom. The molecule has 4 heteroatoms. The monoisotopic (exact) mass is 200 g/mol. The lowest BCUT2D eigenvalue weighted by Gasteiger charge is -2.16. The van der Waals surface area contributed by atoms with E-state index in [0.717, 1.165) is 12.6 Å². The average Bonchev–Trinajstić information content (AvgIpc) is 2.95. The molecule has 2 rings (SSSR count). The van der Waals surface area contributed by atoms with E-state index in [1.54, 1.807) is 0 Å². The number of aliphatic hydroxyl groups excluding tert-OH is 2. The van der Waals surface area contributed by atoms with Crippen LogP contribution in [-0.2, 0) is 0 Å². The molecule has 4 nitrogen and oxygen atoms in total. The number of aliphatic hydroxyl groups is 2. The van der Waals surface area contributed by atoms with Crippen molar-refractivity contribution in [2.45, 2.75) is 37.5 Å². The van der Waals surface area contributed by atoms with Gasteiger partial charge in [0, 0.05) is 31.7 Å². The number of nitrogens with zero attached hydrogens (tertiary/aromatic N) is 1. The van der Waals surface area contributed by atoms with E-state index in [0.29, 0.717) is 12.6 Å². The first-order valence-corrected chi connectivity index (χ1v) is 5.56. The molecule has 1 heterocycles. The second kappa shape index (κ2) is 4.57. The summed E-state index contributed by atoms with van der Waals surface area (Å²) in [7, 11) is 0. The molecule has 0 spiro atoms. The maximum atomic E-state index is 9.18. The third-order valence-corrected chi connectivity index (χ3v) is 3.14. The van der Waals surface area contributed by atoms with Crippen molar-refractivity contribution in [3.63, 3.8) is 0 Å². The van der Waals surface area contributed by atoms with Crippen molar-refractivity contribution < 1.29 is 10.2 Å². The maximum absolute atomic E-state index is 9.18.